The molecule has 1 aliphatic rings. The highest BCUT2D eigenvalue weighted by molar-refractivity contribution is 5.87. The number of hydrogen-bond donors (Lipinski definition) is 5. The Labute approximate surface area is 167 Å². The molecule has 0 aliphatic heterocycles. The van der Waals surface area contributed by atoms with E-state index in [9.17, 15) is 35.1 Å². The maximum absolute atomic E-state index is 12.2. The van der Waals surface area contributed by atoms with Crippen LogP contribution in [-0.4, -0.2) is 68.0 Å². The summed E-state index contributed by atoms with van der Waals surface area (Å²) >= 11 is 0. The number of benzene rings is 1. The van der Waals surface area contributed by atoms with Gasteiger partial charge in [-0.25, -0.2) is 9.59 Å². The van der Waals surface area contributed by atoms with E-state index in [1.807, 2.05) is 6.92 Å². The van der Waals surface area contributed by atoms with E-state index in [4.69, 9.17) is 9.47 Å². The van der Waals surface area contributed by atoms with Crippen molar-refractivity contribution in [3.8, 4) is 11.5 Å². The second-order valence-electron chi connectivity index (χ2n) is 7.04. The molecule has 9 heteroatoms. The molecule has 1 aliphatic carbocycles. The van der Waals surface area contributed by atoms with Crippen LogP contribution in [0, 0.1) is 0 Å². The van der Waals surface area contributed by atoms with E-state index in [0.717, 1.165) is 12.5 Å². The van der Waals surface area contributed by atoms with Crippen molar-refractivity contribution in [2.24, 2.45) is 0 Å². The molecule has 1 fully saturated rings. The highest BCUT2D eigenvalue weighted by Crippen LogP contribution is 2.32. The van der Waals surface area contributed by atoms with Crippen LogP contribution in [0.15, 0.2) is 24.3 Å². The lowest BCUT2D eigenvalue weighted by Gasteiger charge is -2.39. The van der Waals surface area contributed by atoms with Gasteiger partial charge in [-0.3, -0.25) is 0 Å². The van der Waals surface area contributed by atoms with Crippen molar-refractivity contribution >= 4 is 18.0 Å². The van der Waals surface area contributed by atoms with Crippen LogP contribution in [0.5, 0.6) is 11.5 Å². The molecule has 0 bridgehead atoms. The van der Waals surface area contributed by atoms with Crippen LogP contribution in [-0.2, 0) is 19.1 Å². The predicted molar refractivity (Wildman–Crippen MR) is 101 cm³/mol. The van der Waals surface area contributed by atoms with Crippen LogP contribution in [0.2, 0.25) is 0 Å². The van der Waals surface area contributed by atoms with Gasteiger partial charge in [0.05, 0.1) is 12.7 Å². The summed E-state index contributed by atoms with van der Waals surface area (Å²) in [7, 11) is 0. The maximum Gasteiger partial charge on any atom is 0.338 e. The summed E-state index contributed by atoms with van der Waals surface area (Å²) in [5.74, 6) is -2.50. The number of aromatic hydroxyl groups is 2. The lowest BCUT2D eigenvalue weighted by molar-refractivity contribution is -0.200. The molecule has 1 aromatic rings. The standard InChI is InChI=1S/C20H26O9/c1-2-3-8-28-19(26)20(27)10-15(23)18(25)16(11-20)29-17(24)7-5-12-4-6-13(21)14(22)9-12/h4-7,9,15-16,18,21-23,25,27H,2-3,8,10-11H2,1H3/b7-5+. The van der Waals surface area contributed by atoms with Crippen LogP contribution in [0.1, 0.15) is 38.2 Å². The molecule has 0 aromatic heterocycles. The lowest BCUT2D eigenvalue weighted by atomic mass is 9.79. The molecule has 0 saturated heterocycles. The van der Waals surface area contributed by atoms with Gasteiger partial charge in [-0.2, -0.15) is 0 Å². The quantitative estimate of drug-likeness (QED) is 0.188. The number of ether oxygens (including phenoxy) is 2. The number of phenols is 2. The number of aliphatic hydroxyl groups is 3. The summed E-state index contributed by atoms with van der Waals surface area (Å²) in [4.78, 5) is 24.3. The molecule has 0 amide bonds. The number of carbonyl (C=O) groups is 2. The molecule has 29 heavy (non-hydrogen) atoms. The molecule has 2 rings (SSSR count). The van der Waals surface area contributed by atoms with E-state index in [1.165, 1.54) is 24.3 Å². The number of rotatable bonds is 7. The smallest absolute Gasteiger partial charge is 0.338 e. The Kier molecular flexibility index (Phi) is 7.60. The summed E-state index contributed by atoms with van der Waals surface area (Å²) in [6, 6.07) is 3.92. The van der Waals surface area contributed by atoms with Crippen molar-refractivity contribution in [3.05, 3.63) is 29.8 Å². The van der Waals surface area contributed by atoms with Crippen LogP contribution in [0.3, 0.4) is 0 Å². The molecule has 4 unspecified atom stereocenters. The van der Waals surface area contributed by atoms with Gasteiger partial charge < -0.3 is 35.0 Å². The minimum atomic E-state index is -2.08. The first-order valence-electron chi connectivity index (χ1n) is 9.32. The molecular formula is C20H26O9. The highest BCUT2D eigenvalue weighted by atomic mass is 16.6. The Bertz CT molecular complexity index is 760. The van der Waals surface area contributed by atoms with Crippen LogP contribution >= 0.6 is 0 Å². The van der Waals surface area contributed by atoms with Crippen molar-refractivity contribution in [2.45, 2.75) is 56.5 Å². The molecule has 5 N–H and O–H groups in total. The Morgan fingerprint density at radius 1 is 1.21 bits per heavy atom. The molecule has 0 heterocycles. The van der Waals surface area contributed by atoms with Crippen molar-refractivity contribution in [3.63, 3.8) is 0 Å². The first kappa shape index (κ1) is 22.7. The van der Waals surface area contributed by atoms with Gasteiger partial charge in [0, 0.05) is 18.9 Å². The average molecular weight is 410 g/mol. The minimum Gasteiger partial charge on any atom is -0.504 e. The Hall–Kier alpha value is -2.62. The monoisotopic (exact) mass is 410 g/mol. The SMILES string of the molecule is CCCCOC(=O)C1(O)CC(O)C(O)C(OC(=O)/C=C/c2ccc(O)c(O)c2)C1. The van der Waals surface area contributed by atoms with Gasteiger partial charge in [0.2, 0.25) is 0 Å². The average Bonchev–Trinajstić information content (AvgIpc) is 2.67. The number of aliphatic hydroxyl groups excluding tert-OH is 2. The van der Waals surface area contributed by atoms with Gasteiger partial charge in [-0.05, 0) is 30.2 Å². The fraction of sp³-hybridized carbons (Fsp3) is 0.500. The molecular weight excluding hydrogens is 384 g/mol. The van der Waals surface area contributed by atoms with Crippen LogP contribution < -0.4 is 0 Å². The number of hydrogen-bond acceptors (Lipinski definition) is 9. The Balaban J connectivity index is 2.03. The van der Waals surface area contributed by atoms with Crippen molar-refractivity contribution < 1.29 is 44.6 Å². The van der Waals surface area contributed by atoms with Gasteiger partial charge in [-0.15, -0.1) is 0 Å². The number of esters is 2. The largest absolute Gasteiger partial charge is 0.504 e. The van der Waals surface area contributed by atoms with Crippen LogP contribution in [0.25, 0.3) is 6.08 Å². The van der Waals surface area contributed by atoms with Crippen molar-refractivity contribution in [1.29, 1.82) is 0 Å². The van der Waals surface area contributed by atoms with E-state index in [-0.39, 0.29) is 18.1 Å². The molecule has 160 valence electrons. The van der Waals surface area contributed by atoms with Gasteiger partial charge in [-0.1, -0.05) is 19.4 Å². The van der Waals surface area contributed by atoms with Crippen LogP contribution in [0.4, 0.5) is 0 Å². The Morgan fingerprint density at radius 2 is 1.93 bits per heavy atom. The predicted octanol–water partition coefficient (Wildman–Crippen LogP) is 0.613. The number of carbonyl (C=O) groups excluding carboxylic acids is 2. The first-order chi connectivity index (χ1) is 13.7. The minimum absolute atomic E-state index is 0.114. The van der Waals surface area contributed by atoms with E-state index in [2.05, 4.69) is 0 Å². The van der Waals surface area contributed by atoms with E-state index >= 15 is 0 Å². The topological polar surface area (TPSA) is 154 Å². The summed E-state index contributed by atoms with van der Waals surface area (Å²) in [6.45, 7) is 2.02. The van der Waals surface area contributed by atoms with Gasteiger partial charge in [0.1, 0.15) is 12.2 Å². The van der Waals surface area contributed by atoms with Gasteiger partial charge >= 0.3 is 11.9 Å². The zero-order chi connectivity index (χ0) is 21.6. The zero-order valence-corrected chi connectivity index (χ0v) is 16.0. The van der Waals surface area contributed by atoms with E-state index in [1.54, 1.807) is 0 Å². The third-order valence-corrected chi connectivity index (χ3v) is 4.65. The third kappa shape index (κ3) is 5.93. The number of phenolic OH excluding ortho intramolecular Hbond substituents is 2. The van der Waals surface area contributed by atoms with Gasteiger partial charge in [0.15, 0.2) is 17.1 Å². The molecule has 0 spiro atoms. The molecule has 0 radical (unpaired) electrons. The normalized spacial score (nSPS) is 27.0. The summed E-state index contributed by atoms with van der Waals surface area (Å²) in [5.41, 5.74) is -1.68. The summed E-state index contributed by atoms with van der Waals surface area (Å²) in [5, 5.41) is 49.4. The third-order valence-electron chi connectivity index (χ3n) is 4.65. The summed E-state index contributed by atoms with van der Waals surface area (Å²) in [6.07, 6.45) is -1.42. The second kappa shape index (κ2) is 9.73. The fourth-order valence-electron chi connectivity index (χ4n) is 2.97. The molecule has 1 aromatic carbocycles. The highest BCUT2D eigenvalue weighted by Gasteiger charge is 2.51. The Morgan fingerprint density at radius 3 is 2.59 bits per heavy atom. The summed E-state index contributed by atoms with van der Waals surface area (Å²) < 4.78 is 10.1. The van der Waals surface area contributed by atoms with E-state index < -0.39 is 48.7 Å². The lowest BCUT2D eigenvalue weighted by Crippen LogP contribution is -2.57. The molecule has 1 saturated carbocycles. The van der Waals surface area contributed by atoms with Crippen molar-refractivity contribution in [1.82, 2.24) is 0 Å². The van der Waals surface area contributed by atoms with Gasteiger partial charge in [0.25, 0.3) is 0 Å². The zero-order valence-electron chi connectivity index (χ0n) is 16.0. The first-order valence-corrected chi connectivity index (χ1v) is 9.32. The number of unbranched alkanes of at least 4 members (excludes halogenated alkanes) is 1. The van der Waals surface area contributed by atoms with E-state index in [0.29, 0.717) is 12.0 Å². The second-order valence-corrected chi connectivity index (χ2v) is 7.04. The van der Waals surface area contributed by atoms with Crippen molar-refractivity contribution in [2.75, 3.05) is 6.61 Å². The molecule has 4 atom stereocenters. The molecule has 9 nitrogen and oxygen atoms in total. The fourth-order valence-corrected chi connectivity index (χ4v) is 2.97. The maximum atomic E-state index is 12.2.